The van der Waals surface area contributed by atoms with E-state index in [0.29, 0.717) is 16.8 Å². The Morgan fingerprint density at radius 3 is 2.24 bits per heavy atom. The maximum Gasteiger partial charge on any atom is 0.416 e. The normalized spacial score (nSPS) is 11.4. The molecule has 0 saturated carbocycles. The monoisotopic (exact) mass is 293 g/mol. The Morgan fingerprint density at radius 2 is 1.71 bits per heavy atom. The molecule has 2 N–H and O–H groups in total. The summed E-state index contributed by atoms with van der Waals surface area (Å²) >= 11 is 0. The van der Waals surface area contributed by atoms with Crippen molar-refractivity contribution in [2.24, 2.45) is 0 Å². The molecule has 0 unspecified atom stereocenters. The lowest BCUT2D eigenvalue weighted by atomic mass is 10.0. The number of hydrogen-bond donors (Lipinski definition) is 1. The number of benzene rings is 2. The van der Waals surface area contributed by atoms with Gasteiger partial charge in [0.05, 0.1) is 5.56 Å². The number of aryl methyl sites for hydroxylation is 1. The van der Waals surface area contributed by atoms with Crippen molar-refractivity contribution in [3.8, 4) is 0 Å². The number of rotatable bonds is 3. The molecule has 0 atom stereocenters. The fourth-order valence-corrected chi connectivity index (χ4v) is 1.91. The van der Waals surface area contributed by atoms with E-state index in [2.05, 4.69) is 0 Å². The second-order valence-electron chi connectivity index (χ2n) is 4.87. The highest BCUT2D eigenvalue weighted by Gasteiger charge is 2.29. The molecule has 0 bridgehead atoms. The zero-order valence-corrected chi connectivity index (χ0v) is 11.4. The predicted octanol–water partition coefficient (Wildman–Crippen LogP) is 4.02. The van der Waals surface area contributed by atoms with E-state index in [9.17, 15) is 18.0 Å². The summed E-state index contributed by atoms with van der Waals surface area (Å²) < 4.78 is 37.3. The number of nitrogens with two attached hydrogens (primary N) is 1. The number of alkyl halides is 3. The van der Waals surface area contributed by atoms with Crippen molar-refractivity contribution in [1.29, 1.82) is 0 Å². The Hall–Kier alpha value is -2.30. The van der Waals surface area contributed by atoms with Gasteiger partial charge in [0.15, 0.2) is 5.78 Å². The summed E-state index contributed by atoms with van der Waals surface area (Å²) in [6.07, 6.45) is -4.32. The molecule has 2 aromatic rings. The molecule has 110 valence electrons. The Morgan fingerprint density at radius 1 is 1.10 bits per heavy atom. The summed E-state index contributed by atoms with van der Waals surface area (Å²) in [5.41, 5.74) is 7.41. The molecule has 0 radical (unpaired) electrons. The number of nitrogen functional groups attached to an aromatic ring is 1. The Kier molecular flexibility index (Phi) is 4.02. The van der Waals surface area contributed by atoms with Crippen molar-refractivity contribution in [2.45, 2.75) is 19.5 Å². The van der Waals surface area contributed by atoms with E-state index in [-0.39, 0.29) is 12.2 Å². The number of carbonyl (C=O) groups excluding carboxylic acids is 1. The van der Waals surface area contributed by atoms with Gasteiger partial charge in [-0.2, -0.15) is 13.2 Å². The van der Waals surface area contributed by atoms with Crippen molar-refractivity contribution in [1.82, 2.24) is 0 Å². The van der Waals surface area contributed by atoms with Gasteiger partial charge in [-0.05, 0) is 36.2 Å². The molecule has 0 aliphatic carbocycles. The van der Waals surface area contributed by atoms with Crippen molar-refractivity contribution in [2.75, 3.05) is 5.73 Å². The van der Waals surface area contributed by atoms with Gasteiger partial charge >= 0.3 is 6.18 Å². The number of Topliss-reactive ketones (excluding diaryl/α,β-unsaturated/α-hetero) is 1. The summed E-state index contributed by atoms with van der Waals surface area (Å²) in [7, 11) is 0. The molecule has 5 heteroatoms. The van der Waals surface area contributed by atoms with Gasteiger partial charge in [-0.1, -0.05) is 24.3 Å². The molecule has 0 amide bonds. The van der Waals surface area contributed by atoms with E-state index in [0.717, 1.165) is 17.7 Å². The standard InChI is InChI=1S/C16H14F3NO/c1-10-2-5-12(9-14(10)20)15(21)8-11-3-6-13(7-4-11)16(17,18)19/h2-7,9H,8,20H2,1H3. The maximum atomic E-state index is 12.4. The zero-order chi connectivity index (χ0) is 15.6. The highest BCUT2D eigenvalue weighted by atomic mass is 19.4. The van der Waals surface area contributed by atoms with Crippen molar-refractivity contribution in [3.05, 3.63) is 64.7 Å². The highest BCUT2D eigenvalue weighted by Crippen LogP contribution is 2.29. The minimum atomic E-state index is -4.37. The van der Waals surface area contributed by atoms with E-state index in [1.54, 1.807) is 18.2 Å². The van der Waals surface area contributed by atoms with Gasteiger partial charge in [-0.3, -0.25) is 4.79 Å². The molecule has 0 saturated heterocycles. The molecule has 0 fully saturated rings. The Bertz CT molecular complexity index is 660. The second-order valence-corrected chi connectivity index (χ2v) is 4.87. The summed E-state index contributed by atoms with van der Waals surface area (Å²) in [6.45, 7) is 1.83. The van der Waals surface area contributed by atoms with Crippen LogP contribution in [-0.2, 0) is 12.6 Å². The second kappa shape index (κ2) is 5.60. The molecule has 0 aliphatic heterocycles. The van der Waals surface area contributed by atoms with Crippen LogP contribution in [0.3, 0.4) is 0 Å². The molecule has 0 heterocycles. The summed E-state index contributed by atoms with van der Waals surface area (Å²) in [5, 5.41) is 0. The van der Waals surface area contributed by atoms with Crippen LogP contribution in [0.15, 0.2) is 42.5 Å². The van der Waals surface area contributed by atoms with Crippen LogP contribution >= 0.6 is 0 Å². The van der Waals surface area contributed by atoms with E-state index in [1.807, 2.05) is 6.92 Å². The van der Waals surface area contributed by atoms with Crippen LogP contribution in [0.2, 0.25) is 0 Å². The van der Waals surface area contributed by atoms with Gasteiger partial charge in [0.1, 0.15) is 0 Å². The summed E-state index contributed by atoms with van der Waals surface area (Å²) in [5.74, 6) is -0.179. The molecular weight excluding hydrogens is 279 g/mol. The molecule has 0 aromatic heterocycles. The number of halogens is 3. The minimum absolute atomic E-state index is 0.0423. The Balaban J connectivity index is 2.14. The van der Waals surface area contributed by atoms with Crippen LogP contribution in [0.25, 0.3) is 0 Å². The predicted molar refractivity (Wildman–Crippen MR) is 75.1 cm³/mol. The molecular formula is C16H14F3NO. The fourth-order valence-electron chi connectivity index (χ4n) is 1.91. The number of anilines is 1. The van der Waals surface area contributed by atoms with E-state index in [1.165, 1.54) is 12.1 Å². The molecule has 0 spiro atoms. The molecule has 2 nitrogen and oxygen atoms in total. The third-order valence-corrected chi connectivity index (χ3v) is 3.25. The van der Waals surface area contributed by atoms with Crippen LogP contribution in [0, 0.1) is 6.92 Å². The number of hydrogen-bond acceptors (Lipinski definition) is 2. The zero-order valence-electron chi connectivity index (χ0n) is 11.4. The molecule has 2 aromatic carbocycles. The van der Waals surface area contributed by atoms with Crippen LogP contribution in [0.4, 0.5) is 18.9 Å². The van der Waals surface area contributed by atoms with E-state index >= 15 is 0 Å². The quantitative estimate of drug-likeness (QED) is 0.686. The van der Waals surface area contributed by atoms with Crippen molar-refractivity contribution in [3.63, 3.8) is 0 Å². The molecule has 2 rings (SSSR count). The van der Waals surface area contributed by atoms with Gasteiger partial charge in [0, 0.05) is 17.7 Å². The molecule has 21 heavy (non-hydrogen) atoms. The van der Waals surface area contributed by atoms with Crippen LogP contribution < -0.4 is 5.73 Å². The first-order valence-electron chi connectivity index (χ1n) is 6.33. The largest absolute Gasteiger partial charge is 0.416 e. The van der Waals surface area contributed by atoms with Crippen LogP contribution in [-0.4, -0.2) is 5.78 Å². The van der Waals surface area contributed by atoms with Gasteiger partial charge < -0.3 is 5.73 Å². The average molecular weight is 293 g/mol. The SMILES string of the molecule is Cc1ccc(C(=O)Cc2ccc(C(F)(F)F)cc2)cc1N. The first-order chi connectivity index (χ1) is 9.77. The van der Waals surface area contributed by atoms with Gasteiger partial charge in [0.2, 0.25) is 0 Å². The molecule has 0 aliphatic rings. The summed E-state index contributed by atoms with van der Waals surface area (Å²) in [4.78, 5) is 12.1. The average Bonchev–Trinajstić information content (AvgIpc) is 2.41. The van der Waals surface area contributed by atoms with Gasteiger partial charge in [-0.25, -0.2) is 0 Å². The Labute approximate surface area is 120 Å². The van der Waals surface area contributed by atoms with E-state index < -0.39 is 11.7 Å². The number of ketones is 1. The van der Waals surface area contributed by atoms with Crippen molar-refractivity contribution < 1.29 is 18.0 Å². The van der Waals surface area contributed by atoms with Crippen LogP contribution in [0.5, 0.6) is 0 Å². The first-order valence-corrected chi connectivity index (χ1v) is 6.33. The topological polar surface area (TPSA) is 43.1 Å². The maximum absolute atomic E-state index is 12.4. The fraction of sp³-hybridized carbons (Fsp3) is 0.188. The smallest absolute Gasteiger partial charge is 0.398 e. The minimum Gasteiger partial charge on any atom is -0.398 e. The first kappa shape index (κ1) is 15.1. The van der Waals surface area contributed by atoms with E-state index in [4.69, 9.17) is 5.73 Å². The lowest BCUT2D eigenvalue weighted by Gasteiger charge is -2.08. The highest BCUT2D eigenvalue weighted by molar-refractivity contribution is 5.98. The third-order valence-electron chi connectivity index (χ3n) is 3.25. The third kappa shape index (κ3) is 3.62. The van der Waals surface area contributed by atoms with Gasteiger partial charge in [-0.15, -0.1) is 0 Å². The van der Waals surface area contributed by atoms with Crippen LogP contribution in [0.1, 0.15) is 27.0 Å². The van der Waals surface area contributed by atoms with Gasteiger partial charge in [0.25, 0.3) is 0 Å². The number of carbonyl (C=O) groups is 1. The lowest BCUT2D eigenvalue weighted by molar-refractivity contribution is -0.137. The lowest BCUT2D eigenvalue weighted by Crippen LogP contribution is -2.07. The summed E-state index contributed by atoms with van der Waals surface area (Å²) in [6, 6.07) is 9.59. The van der Waals surface area contributed by atoms with Crippen molar-refractivity contribution >= 4 is 11.5 Å².